The van der Waals surface area contributed by atoms with Crippen LogP contribution in [0.2, 0.25) is 15.1 Å². The Hall–Kier alpha value is -3.26. The van der Waals surface area contributed by atoms with Crippen LogP contribution in [0.25, 0.3) is 22.4 Å². The molecule has 190 valence electrons. The molecule has 0 atom stereocenters. The summed E-state index contributed by atoms with van der Waals surface area (Å²) >= 11 is 18.8. The SMILES string of the molecule is CCCC(=O)N(C)c1nc(Oc2ccc(F)c(F)c2)c(-c2ccc(Cl)cc2)c(-c2ccc(Cl)cc2Cl)n1. The molecule has 0 aliphatic heterocycles. The Labute approximate surface area is 227 Å². The van der Waals surface area contributed by atoms with Crippen LogP contribution in [0.3, 0.4) is 0 Å². The fraction of sp³-hybridized carbons (Fsp3) is 0.148. The van der Waals surface area contributed by atoms with E-state index in [4.69, 9.17) is 39.5 Å². The van der Waals surface area contributed by atoms with Crippen LogP contribution in [0.5, 0.6) is 11.6 Å². The van der Waals surface area contributed by atoms with Gasteiger partial charge in [-0.05, 0) is 54.4 Å². The molecule has 3 aromatic carbocycles. The summed E-state index contributed by atoms with van der Waals surface area (Å²) in [7, 11) is 1.55. The van der Waals surface area contributed by atoms with Crippen molar-refractivity contribution in [1.82, 2.24) is 9.97 Å². The van der Waals surface area contributed by atoms with Crippen LogP contribution in [0, 0.1) is 11.6 Å². The van der Waals surface area contributed by atoms with Crippen molar-refractivity contribution in [3.05, 3.63) is 87.4 Å². The topological polar surface area (TPSA) is 55.3 Å². The quantitative estimate of drug-likeness (QED) is 0.226. The molecule has 0 saturated carbocycles. The molecule has 0 spiro atoms. The van der Waals surface area contributed by atoms with E-state index in [1.165, 1.54) is 11.0 Å². The highest BCUT2D eigenvalue weighted by Gasteiger charge is 2.24. The van der Waals surface area contributed by atoms with Crippen molar-refractivity contribution in [2.24, 2.45) is 0 Å². The van der Waals surface area contributed by atoms with Crippen molar-refractivity contribution < 1.29 is 18.3 Å². The Kier molecular flexibility index (Phi) is 8.27. The van der Waals surface area contributed by atoms with Crippen molar-refractivity contribution in [2.75, 3.05) is 11.9 Å². The number of halogens is 5. The van der Waals surface area contributed by atoms with Crippen molar-refractivity contribution in [3.8, 4) is 34.0 Å². The first kappa shape index (κ1) is 26.8. The zero-order valence-corrected chi connectivity index (χ0v) is 22.0. The first-order valence-corrected chi connectivity index (χ1v) is 12.3. The van der Waals surface area contributed by atoms with E-state index in [-0.39, 0.29) is 29.9 Å². The molecule has 0 unspecified atom stereocenters. The summed E-state index contributed by atoms with van der Waals surface area (Å²) in [6, 6.07) is 14.8. The number of benzene rings is 3. The van der Waals surface area contributed by atoms with Crippen LogP contribution in [0.4, 0.5) is 14.7 Å². The fourth-order valence-corrected chi connectivity index (χ4v) is 4.18. The molecule has 0 aliphatic rings. The van der Waals surface area contributed by atoms with Crippen LogP contribution in [0.1, 0.15) is 19.8 Å². The number of amides is 1. The maximum Gasteiger partial charge on any atom is 0.235 e. The third kappa shape index (κ3) is 6.01. The van der Waals surface area contributed by atoms with Gasteiger partial charge in [-0.1, -0.05) is 53.9 Å². The van der Waals surface area contributed by atoms with E-state index in [1.807, 2.05) is 6.92 Å². The predicted octanol–water partition coefficient (Wildman–Crippen LogP) is 8.60. The maximum absolute atomic E-state index is 14.0. The number of hydrogen-bond acceptors (Lipinski definition) is 4. The van der Waals surface area contributed by atoms with E-state index >= 15 is 0 Å². The summed E-state index contributed by atoms with van der Waals surface area (Å²) in [6.45, 7) is 1.88. The molecule has 10 heteroatoms. The van der Waals surface area contributed by atoms with Crippen molar-refractivity contribution in [3.63, 3.8) is 0 Å². The largest absolute Gasteiger partial charge is 0.438 e. The summed E-state index contributed by atoms with van der Waals surface area (Å²) in [6.07, 6.45) is 0.898. The molecule has 1 heterocycles. The van der Waals surface area contributed by atoms with Crippen molar-refractivity contribution in [2.45, 2.75) is 19.8 Å². The van der Waals surface area contributed by atoms with Crippen LogP contribution in [-0.2, 0) is 4.79 Å². The average molecular weight is 563 g/mol. The first-order valence-electron chi connectivity index (χ1n) is 11.2. The van der Waals surface area contributed by atoms with Crippen molar-refractivity contribution in [1.29, 1.82) is 0 Å². The number of rotatable bonds is 7. The van der Waals surface area contributed by atoms with E-state index in [2.05, 4.69) is 9.97 Å². The number of ether oxygens (including phenoxy) is 1. The minimum atomic E-state index is -1.09. The van der Waals surface area contributed by atoms with Gasteiger partial charge in [0.2, 0.25) is 17.7 Å². The third-order valence-corrected chi connectivity index (χ3v) is 6.23. The Morgan fingerprint density at radius 3 is 2.27 bits per heavy atom. The van der Waals surface area contributed by atoms with Gasteiger partial charge in [0.15, 0.2) is 11.6 Å². The summed E-state index contributed by atoms with van der Waals surface area (Å²) < 4.78 is 33.6. The molecule has 0 saturated heterocycles. The van der Waals surface area contributed by atoms with Gasteiger partial charge in [0.05, 0.1) is 16.3 Å². The molecule has 1 aromatic heterocycles. The molecule has 37 heavy (non-hydrogen) atoms. The molecule has 0 N–H and O–H groups in total. The highest BCUT2D eigenvalue weighted by molar-refractivity contribution is 6.36. The maximum atomic E-state index is 14.0. The van der Waals surface area contributed by atoms with E-state index in [0.717, 1.165) is 12.1 Å². The second-order valence-electron chi connectivity index (χ2n) is 8.06. The molecular weight excluding hydrogens is 543 g/mol. The van der Waals surface area contributed by atoms with Gasteiger partial charge in [-0.15, -0.1) is 0 Å². The van der Waals surface area contributed by atoms with Gasteiger partial charge in [0, 0.05) is 35.1 Å². The molecule has 0 bridgehead atoms. The van der Waals surface area contributed by atoms with E-state index < -0.39 is 11.6 Å². The zero-order valence-electron chi connectivity index (χ0n) is 19.7. The number of carbonyl (C=O) groups is 1. The number of nitrogens with zero attached hydrogens (tertiary/aromatic N) is 3. The first-order chi connectivity index (χ1) is 17.7. The Bertz CT molecular complexity index is 1470. The van der Waals surface area contributed by atoms with Gasteiger partial charge in [0.1, 0.15) is 5.75 Å². The summed E-state index contributed by atoms with van der Waals surface area (Å²) in [5.74, 6) is -2.29. The summed E-state index contributed by atoms with van der Waals surface area (Å²) in [5, 5.41) is 1.22. The number of aromatic nitrogens is 2. The lowest BCUT2D eigenvalue weighted by Crippen LogP contribution is -2.28. The lowest BCUT2D eigenvalue weighted by molar-refractivity contribution is -0.118. The highest BCUT2D eigenvalue weighted by Crippen LogP contribution is 2.43. The minimum absolute atomic E-state index is 0.00417. The van der Waals surface area contributed by atoms with Crippen LogP contribution in [0.15, 0.2) is 60.7 Å². The molecule has 5 nitrogen and oxygen atoms in total. The lowest BCUT2D eigenvalue weighted by Gasteiger charge is -2.21. The molecule has 0 fully saturated rings. The molecular formula is C27H20Cl3F2N3O2. The third-order valence-electron chi connectivity index (χ3n) is 5.43. The van der Waals surface area contributed by atoms with E-state index in [9.17, 15) is 13.6 Å². The second-order valence-corrected chi connectivity index (χ2v) is 9.34. The Morgan fingerprint density at radius 2 is 1.62 bits per heavy atom. The van der Waals surface area contributed by atoms with Crippen molar-refractivity contribution >= 4 is 46.7 Å². The van der Waals surface area contributed by atoms with Gasteiger partial charge < -0.3 is 4.74 Å². The predicted molar refractivity (Wildman–Crippen MR) is 143 cm³/mol. The standard InChI is InChI=1S/C27H20Cl3F2N3O2/c1-3-4-23(36)35(2)27-33-25(19-11-9-17(29)13-20(19)30)24(15-5-7-16(28)8-6-15)26(34-27)37-18-10-12-21(31)22(32)14-18/h5-14H,3-4H2,1-2H3. The molecule has 0 aliphatic carbocycles. The highest BCUT2D eigenvalue weighted by atomic mass is 35.5. The normalized spacial score (nSPS) is 10.9. The monoisotopic (exact) mass is 561 g/mol. The number of hydrogen-bond donors (Lipinski definition) is 0. The summed E-state index contributed by atoms with van der Waals surface area (Å²) in [5.41, 5.74) is 1.83. The molecule has 4 aromatic rings. The van der Waals surface area contributed by atoms with Gasteiger partial charge in [-0.25, -0.2) is 13.8 Å². The van der Waals surface area contributed by atoms with Crippen LogP contribution in [-0.4, -0.2) is 22.9 Å². The minimum Gasteiger partial charge on any atom is -0.438 e. The molecule has 4 rings (SSSR count). The van der Waals surface area contributed by atoms with Gasteiger partial charge in [-0.3, -0.25) is 9.69 Å². The zero-order chi connectivity index (χ0) is 26.7. The van der Waals surface area contributed by atoms with E-state index in [1.54, 1.807) is 49.5 Å². The molecule has 0 radical (unpaired) electrons. The second kappa shape index (κ2) is 11.4. The molecule has 1 amide bonds. The Morgan fingerprint density at radius 1 is 0.919 bits per heavy atom. The van der Waals surface area contributed by atoms with Crippen LogP contribution < -0.4 is 9.64 Å². The number of anilines is 1. The summed E-state index contributed by atoms with van der Waals surface area (Å²) in [4.78, 5) is 23.2. The van der Waals surface area contributed by atoms with Gasteiger partial charge >= 0.3 is 0 Å². The Balaban J connectivity index is 2.02. The van der Waals surface area contributed by atoms with Gasteiger partial charge in [0.25, 0.3) is 0 Å². The smallest absolute Gasteiger partial charge is 0.235 e. The average Bonchev–Trinajstić information content (AvgIpc) is 2.86. The lowest BCUT2D eigenvalue weighted by atomic mass is 10.00. The van der Waals surface area contributed by atoms with E-state index in [0.29, 0.717) is 43.9 Å². The fourth-order valence-electron chi connectivity index (χ4n) is 3.55. The van der Waals surface area contributed by atoms with Gasteiger partial charge in [-0.2, -0.15) is 4.98 Å². The van der Waals surface area contributed by atoms with Crippen LogP contribution >= 0.6 is 34.8 Å². The number of carbonyl (C=O) groups excluding carboxylic acids is 1.